The summed E-state index contributed by atoms with van der Waals surface area (Å²) in [6.07, 6.45) is 6.61. The molecular formula is C18H26Fe. The van der Waals surface area contributed by atoms with E-state index in [-0.39, 0.29) is 0 Å². The van der Waals surface area contributed by atoms with Gasteiger partial charge in [0.2, 0.25) is 0 Å². The van der Waals surface area contributed by atoms with E-state index in [0.717, 1.165) is 17.3 Å². The number of hydrogen-bond acceptors (Lipinski definition) is 0. The quantitative estimate of drug-likeness (QED) is 0.520. The molecular weight excluding hydrogens is 272 g/mol. The van der Waals surface area contributed by atoms with Gasteiger partial charge in [0.25, 0.3) is 0 Å². The van der Waals surface area contributed by atoms with Crippen molar-refractivity contribution < 1.29 is 6.51 Å². The molecule has 19 heavy (non-hydrogen) atoms. The first-order valence-electron chi connectivity index (χ1n) is 9.16. The van der Waals surface area contributed by atoms with Crippen LogP contribution in [0.15, 0.2) is 0 Å². The predicted octanol–water partition coefficient (Wildman–Crippen LogP) is 6.50. The van der Waals surface area contributed by atoms with Gasteiger partial charge < -0.3 is 0 Å². The molecule has 0 N–H and O–H groups in total. The molecule has 0 aromatic heterocycles. The van der Waals surface area contributed by atoms with Crippen molar-refractivity contribution in [2.45, 2.75) is 99.5 Å². The van der Waals surface area contributed by atoms with Crippen LogP contribution in [-0.2, 0) is 6.51 Å². The van der Waals surface area contributed by atoms with Crippen molar-refractivity contribution in [2.24, 2.45) is 0 Å². The average Bonchev–Trinajstić information content (AvgIpc) is 3.39. The van der Waals surface area contributed by atoms with E-state index < -0.39 is 6.51 Å². The number of rotatable bonds is 4. The third-order valence-electron chi connectivity index (χ3n) is 18.4. The Bertz CT molecular complexity index is 1070. The van der Waals surface area contributed by atoms with Crippen molar-refractivity contribution in [1.82, 2.24) is 0 Å². The van der Waals surface area contributed by atoms with E-state index in [0.29, 0.717) is 0 Å². The maximum atomic E-state index is 2.64. The first-order valence-corrected chi connectivity index (χ1v) is 15.2. The molecule has 10 heterocycles. The average molecular weight is 298 g/mol. The van der Waals surface area contributed by atoms with Crippen LogP contribution >= 0.6 is 0 Å². The van der Waals surface area contributed by atoms with Crippen molar-refractivity contribution in [3.8, 4) is 0 Å². The molecule has 10 fully saturated rings. The molecule has 1 heteroatoms. The zero-order chi connectivity index (χ0) is 12.6. The van der Waals surface area contributed by atoms with Crippen LogP contribution in [0.4, 0.5) is 0 Å². The van der Waals surface area contributed by atoms with Gasteiger partial charge in [-0.1, -0.05) is 0 Å². The summed E-state index contributed by atoms with van der Waals surface area (Å²) >= 11 is 0. The summed E-state index contributed by atoms with van der Waals surface area (Å²) in [6.45, 7) is 7.40. The van der Waals surface area contributed by atoms with Crippen molar-refractivity contribution in [1.29, 1.82) is 0 Å². The van der Waals surface area contributed by atoms with E-state index in [1.807, 2.05) is 0 Å². The van der Waals surface area contributed by atoms with Gasteiger partial charge >= 0.3 is 106 Å². The molecule has 1 spiro atoms. The molecule has 10 saturated heterocycles. The van der Waals surface area contributed by atoms with Gasteiger partial charge in [-0.25, -0.2) is 0 Å². The molecule has 106 valence electrons. The molecule has 0 aromatic rings. The van der Waals surface area contributed by atoms with E-state index in [4.69, 9.17) is 0 Å². The Balaban J connectivity index is 1.71. The SMILES string of the molecule is CC[C]12[CH]3[CH]4[CH]5[CH]1[Fe]45321678[CH]2[C]1(CC)[CH]6[C]7(CC)[C]28CC. The molecule has 8 unspecified atom stereocenters. The van der Waals surface area contributed by atoms with Gasteiger partial charge in [0.05, 0.1) is 0 Å². The summed E-state index contributed by atoms with van der Waals surface area (Å²) in [4.78, 5) is 8.81. The normalized spacial score (nSPS) is 120. The van der Waals surface area contributed by atoms with E-state index in [9.17, 15) is 0 Å². The van der Waals surface area contributed by atoms with Crippen molar-refractivity contribution in [3.63, 3.8) is 0 Å². The molecule has 0 bridgehead atoms. The monoisotopic (exact) mass is 298 g/mol. The Morgan fingerprint density at radius 3 is 1.42 bits per heavy atom. The van der Waals surface area contributed by atoms with Crippen LogP contribution in [0.25, 0.3) is 0 Å². The molecule has 0 radical (unpaired) electrons. The first kappa shape index (κ1) is 8.23. The van der Waals surface area contributed by atoms with Crippen molar-refractivity contribution in [2.75, 3.05) is 0 Å². The minimum absolute atomic E-state index is 1.11. The first-order chi connectivity index (χ1) is 8.95. The van der Waals surface area contributed by atoms with Gasteiger partial charge in [0.1, 0.15) is 0 Å². The molecule has 0 nitrogen and oxygen atoms in total. The van der Waals surface area contributed by atoms with Crippen LogP contribution in [-0.4, -0.2) is 0 Å². The molecule has 0 aliphatic carbocycles. The van der Waals surface area contributed by atoms with Gasteiger partial charge in [0, 0.05) is 0 Å². The summed E-state index contributed by atoms with van der Waals surface area (Å²) in [5.41, 5.74) is 0. The van der Waals surface area contributed by atoms with E-state index in [1.165, 1.54) is 28.9 Å². The van der Waals surface area contributed by atoms with Crippen LogP contribution < -0.4 is 0 Å². The predicted molar refractivity (Wildman–Crippen MR) is 74.4 cm³/mol. The molecule has 8 atom stereocenters. The topological polar surface area (TPSA) is 0 Å². The third-order valence-corrected chi connectivity index (χ3v) is 65.1. The Hall–Kier alpha value is 0.519. The summed E-state index contributed by atoms with van der Waals surface area (Å²) < 4.78 is 4.47. The van der Waals surface area contributed by atoms with Crippen LogP contribution in [0.1, 0.15) is 53.4 Å². The third kappa shape index (κ3) is 0.0717. The minimum atomic E-state index is -3.16. The number of hydrogen-bond donors (Lipinski definition) is 0. The molecule has 0 saturated carbocycles. The maximum absolute atomic E-state index is 3.16. The summed E-state index contributed by atoms with van der Waals surface area (Å²) in [5, 5.41) is 0. The van der Waals surface area contributed by atoms with Gasteiger partial charge in [-0.2, -0.15) is 0 Å². The molecule has 10 aliphatic heterocycles. The van der Waals surface area contributed by atoms with E-state index in [1.54, 1.807) is 25.7 Å². The fourth-order valence-corrected chi connectivity index (χ4v) is 110. The van der Waals surface area contributed by atoms with Crippen molar-refractivity contribution in [3.05, 3.63) is 0 Å². The summed E-state index contributed by atoms with van der Waals surface area (Å²) in [5.74, 6) is 0. The second-order valence-electron chi connectivity index (χ2n) is 12.0. The standard InChI is InChI=1S/C11H17.C7H9.Fe/c1-4-9-7-10(5-2)11(6-3)8-9;1-2-7-5-3-4-6-7;/h7-8H,4-6H2,1-3H3;3-6H,2H2,1H3;. The molecule has 0 amide bonds. The second-order valence-corrected chi connectivity index (χ2v) is 35.0. The van der Waals surface area contributed by atoms with Crippen LogP contribution in [0.2, 0.25) is 46.2 Å². The Morgan fingerprint density at radius 1 is 0.684 bits per heavy atom. The molecule has 10 rings (SSSR count). The van der Waals surface area contributed by atoms with E-state index >= 15 is 0 Å². The van der Waals surface area contributed by atoms with Crippen LogP contribution in [0.3, 0.4) is 0 Å². The van der Waals surface area contributed by atoms with Gasteiger partial charge in [0.15, 0.2) is 0 Å². The molecule has 0 aromatic carbocycles. The van der Waals surface area contributed by atoms with Crippen molar-refractivity contribution >= 4 is 0 Å². The van der Waals surface area contributed by atoms with Crippen LogP contribution in [0, 0.1) is 0 Å². The second kappa shape index (κ2) is 0.679. The zero-order valence-electron chi connectivity index (χ0n) is 12.6. The number of fused-ring (bicyclic) bond motifs is 10. The zero-order valence-corrected chi connectivity index (χ0v) is 13.8. The fourth-order valence-electron chi connectivity index (χ4n) is 23.2. The Labute approximate surface area is 106 Å². The Kier molecular flexibility index (Phi) is 0.294. The van der Waals surface area contributed by atoms with Crippen LogP contribution in [0.5, 0.6) is 0 Å². The van der Waals surface area contributed by atoms with Gasteiger partial charge in [-0.3, -0.25) is 0 Å². The molecule has 10 aliphatic rings. The summed E-state index contributed by atoms with van der Waals surface area (Å²) in [7, 11) is 0. The summed E-state index contributed by atoms with van der Waals surface area (Å²) in [6, 6.07) is 0. The van der Waals surface area contributed by atoms with Gasteiger partial charge in [-0.15, -0.1) is 0 Å². The fraction of sp³-hybridized carbons (Fsp3) is 1.00. The van der Waals surface area contributed by atoms with E-state index in [2.05, 4.69) is 27.7 Å². The Morgan fingerprint density at radius 2 is 1.16 bits per heavy atom. The van der Waals surface area contributed by atoms with Gasteiger partial charge in [-0.05, 0) is 0 Å².